The topological polar surface area (TPSA) is 66.4 Å². The van der Waals surface area contributed by atoms with Gasteiger partial charge in [0.15, 0.2) is 12.6 Å². The van der Waals surface area contributed by atoms with Crippen LogP contribution < -0.4 is 0 Å². The van der Waals surface area contributed by atoms with Gasteiger partial charge in [-0.25, -0.2) is 0 Å². The lowest BCUT2D eigenvalue weighted by Crippen LogP contribution is -2.36. The molecule has 0 aliphatic carbocycles. The van der Waals surface area contributed by atoms with E-state index in [4.69, 9.17) is 23.7 Å². The molecule has 2 aliphatic heterocycles. The Hall–Kier alpha value is -1.02. The highest BCUT2D eigenvalue weighted by Gasteiger charge is 2.52. The summed E-state index contributed by atoms with van der Waals surface area (Å²) in [7, 11) is 3.26. The zero-order valence-corrected chi connectivity index (χ0v) is 21.9. The Bertz CT molecular complexity index is 672. The van der Waals surface area contributed by atoms with E-state index in [1.54, 1.807) is 14.2 Å². The summed E-state index contributed by atoms with van der Waals surface area (Å²) in [6.45, 7) is 13.4. The van der Waals surface area contributed by atoms with E-state index in [9.17, 15) is 5.11 Å². The van der Waals surface area contributed by atoms with Gasteiger partial charge in [-0.3, -0.25) is 0 Å². The molecule has 3 rings (SSSR count). The maximum Gasteiger partial charge on any atom is 0.184 e. The lowest BCUT2D eigenvalue weighted by molar-refractivity contribution is -0.187. The van der Waals surface area contributed by atoms with E-state index >= 15 is 0 Å². The number of rotatable bonds is 9. The summed E-state index contributed by atoms with van der Waals surface area (Å²) in [6.07, 6.45) is 2.57. The molecule has 0 radical (unpaired) electrons. The number of ether oxygens (including phenoxy) is 5. The number of aliphatic hydroxyl groups is 1. The minimum Gasteiger partial charge on any atom is -0.387 e. The van der Waals surface area contributed by atoms with Crippen molar-refractivity contribution in [2.75, 3.05) is 14.2 Å². The van der Waals surface area contributed by atoms with Crippen LogP contribution in [-0.2, 0) is 30.3 Å². The molecule has 33 heavy (non-hydrogen) atoms. The highest BCUT2D eigenvalue weighted by atomic mass is 16.7. The van der Waals surface area contributed by atoms with Crippen LogP contribution in [0.25, 0.3) is 0 Å². The van der Waals surface area contributed by atoms with Crippen LogP contribution in [0.2, 0.25) is 0 Å². The average molecular weight is 467 g/mol. The first-order valence-corrected chi connectivity index (χ1v) is 12.5. The van der Waals surface area contributed by atoms with Gasteiger partial charge in [-0.15, -0.1) is 0 Å². The van der Waals surface area contributed by atoms with Crippen molar-refractivity contribution in [1.29, 1.82) is 0 Å². The molecule has 2 fully saturated rings. The molecule has 1 aromatic carbocycles. The molecule has 6 heteroatoms. The molecule has 2 saturated heterocycles. The molecule has 1 aromatic rings. The van der Waals surface area contributed by atoms with E-state index in [2.05, 4.69) is 46.8 Å². The minimum absolute atomic E-state index is 0.0138. The Morgan fingerprint density at radius 3 is 1.70 bits per heavy atom. The zero-order chi connectivity index (χ0) is 24.6. The zero-order valence-electron chi connectivity index (χ0n) is 21.9. The molecule has 1 N–H and O–H groups in total. The lowest BCUT2D eigenvalue weighted by atomic mass is 9.83. The molecular formula is C27H46O6. The maximum atomic E-state index is 9.81. The van der Waals surface area contributed by atoms with Gasteiger partial charge in [0, 0.05) is 26.1 Å². The van der Waals surface area contributed by atoms with Crippen LogP contribution in [-0.4, -0.2) is 55.3 Å². The Kier molecular flexibility index (Phi) is 10.8. The normalized spacial score (nSPS) is 32.4. The van der Waals surface area contributed by atoms with Gasteiger partial charge in [-0.05, 0) is 31.2 Å². The molecule has 0 aromatic heterocycles. The molecule has 0 saturated carbocycles. The molecule has 190 valence electrons. The quantitative estimate of drug-likeness (QED) is 0.532. The van der Waals surface area contributed by atoms with Gasteiger partial charge in [0.05, 0.1) is 17.8 Å². The van der Waals surface area contributed by atoms with Crippen molar-refractivity contribution in [3.05, 3.63) is 35.9 Å². The van der Waals surface area contributed by atoms with Crippen LogP contribution in [0.1, 0.15) is 72.8 Å². The van der Waals surface area contributed by atoms with Gasteiger partial charge >= 0.3 is 0 Å². The molecule has 0 spiro atoms. The van der Waals surface area contributed by atoms with Crippen LogP contribution in [0.5, 0.6) is 0 Å². The van der Waals surface area contributed by atoms with Crippen molar-refractivity contribution in [2.45, 2.75) is 110 Å². The summed E-state index contributed by atoms with van der Waals surface area (Å²) in [4.78, 5) is 0. The first-order valence-electron chi connectivity index (χ1n) is 12.5. The van der Waals surface area contributed by atoms with E-state index < -0.39 is 12.4 Å². The minimum atomic E-state index is -0.495. The second-order valence-electron chi connectivity index (χ2n) is 9.32. The van der Waals surface area contributed by atoms with Crippen molar-refractivity contribution in [2.24, 2.45) is 11.8 Å². The van der Waals surface area contributed by atoms with E-state index in [0.29, 0.717) is 12.5 Å². The highest BCUT2D eigenvalue weighted by molar-refractivity contribution is 5.13. The van der Waals surface area contributed by atoms with Crippen LogP contribution in [0.3, 0.4) is 0 Å². The van der Waals surface area contributed by atoms with Crippen molar-refractivity contribution < 1.29 is 28.8 Å². The summed E-state index contributed by atoms with van der Waals surface area (Å²) in [5.41, 5.74) is 0.863. The molecule has 2 aliphatic rings. The van der Waals surface area contributed by atoms with E-state index in [-0.39, 0.29) is 29.5 Å². The molecule has 6 atom stereocenters. The van der Waals surface area contributed by atoms with Crippen LogP contribution in [0.4, 0.5) is 0 Å². The van der Waals surface area contributed by atoms with Gasteiger partial charge in [0.1, 0.15) is 12.2 Å². The number of hydrogen-bond donors (Lipinski definition) is 1. The SMILES string of the molecule is CCC1(CC)OC(OC)[C@H](O)[C@@H]1C.CCC1(CC)OC(OC)[C@H](OCc2ccccc2)[C@@H]1C. The van der Waals surface area contributed by atoms with Gasteiger partial charge in [0.25, 0.3) is 0 Å². The Balaban J connectivity index is 0.000000257. The van der Waals surface area contributed by atoms with E-state index in [0.717, 1.165) is 25.7 Å². The van der Waals surface area contributed by atoms with Gasteiger partial charge in [-0.2, -0.15) is 0 Å². The Labute approximate surface area is 200 Å². The number of benzene rings is 1. The van der Waals surface area contributed by atoms with Crippen LogP contribution >= 0.6 is 0 Å². The molecule has 2 unspecified atom stereocenters. The third kappa shape index (κ3) is 5.98. The van der Waals surface area contributed by atoms with Gasteiger partial charge in [0.2, 0.25) is 0 Å². The fraction of sp³-hybridized carbons (Fsp3) is 0.778. The van der Waals surface area contributed by atoms with Crippen LogP contribution in [0.15, 0.2) is 30.3 Å². The first-order chi connectivity index (χ1) is 15.8. The predicted octanol–water partition coefficient (Wildman–Crippen LogP) is 5.31. The summed E-state index contributed by atoms with van der Waals surface area (Å²) < 4.78 is 28.6. The maximum absolute atomic E-state index is 9.81. The summed E-state index contributed by atoms with van der Waals surface area (Å²) in [5.74, 6) is 0.471. The van der Waals surface area contributed by atoms with E-state index in [1.807, 2.05) is 25.1 Å². The number of methoxy groups -OCH3 is 2. The molecule has 0 amide bonds. The summed E-state index contributed by atoms with van der Waals surface area (Å²) >= 11 is 0. The smallest absolute Gasteiger partial charge is 0.184 e. The third-order valence-electron chi connectivity index (χ3n) is 8.06. The molecular weight excluding hydrogens is 420 g/mol. The largest absolute Gasteiger partial charge is 0.387 e. The van der Waals surface area contributed by atoms with Crippen molar-refractivity contribution in [3.63, 3.8) is 0 Å². The van der Waals surface area contributed by atoms with Crippen molar-refractivity contribution >= 4 is 0 Å². The average Bonchev–Trinajstić information content (AvgIpc) is 3.29. The molecule has 0 bridgehead atoms. The summed E-state index contributed by atoms with van der Waals surface area (Å²) in [5, 5.41) is 9.81. The molecule has 2 heterocycles. The van der Waals surface area contributed by atoms with Crippen molar-refractivity contribution in [3.8, 4) is 0 Å². The Morgan fingerprint density at radius 2 is 1.27 bits per heavy atom. The first kappa shape index (κ1) is 28.2. The third-order valence-corrected chi connectivity index (χ3v) is 8.06. The second-order valence-corrected chi connectivity index (χ2v) is 9.32. The number of aliphatic hydroxyl groups excluding tert-OH is 1. The molecule has 6 nitrogen and oxygen atoms in total. The summed E-state index contributed by atoms with van der Waals surface area (Å²) in [6, 6.07) is 10.2. The second kappa shape index (κ2) is 12.6. The monoisotopic (exact) mass is 466 g/mol. The highest BCUT2D eigenvalue weighted by Crippen LogP contribution is 2.43. The van der Waals surface area contributed by atoms with Gasteiger partial charge in [-0.1, -0.05) is 71.9 Å². The number of hydrogen-bond acceptors (Lipinski definition) is 6. The van der Waals surface area contributed by atoms with E-state index in [1.165, 1.54) is 5.56 Å². The van der Waals surface area contributed by atoms with Crippen LogP contribution in [0, 0.1) is 11.8 Å². The fourth-order valence-electron chi connectivity index (χ4n) is 5.38. The van der Waals surface area contributed by atoms with Crippen molar-refractivity contribution in [1.82, 2.24) is 0 Å². The fourth-order valence-corrected chi connectivity index (χ4v) is 5.38. The predicted molar refractivity (Wildman–Crippen MR) is 130 cm³/mol. The van der Waals surface area contributed by atoms with Gasteiger partial charge < -0.3 is 28.8 Å². The Morgan fingerprint density at radius 1 is 0.788 bits per heavy atom. The standard InChI is InChI=1S/C17H26O3.C10H20O3/c1-5-17(6-2)13(3)15(16(18-4)20-17)19-12-14-10-8-7-9-11-14;1-5-10(6-2)7(3)8(11)9(12-4)13-10/h7-11,13,15-16H,5-6,12H2,1-4H3;7-9,11H,5-6H2,1-4H3/t13-,15+,16?;7-,8+,9?/m00/s1. The lowest BCUT2D eigenvalue weighted by Gasteiger charge is -2.31.